The van der Waals surface area contributed by atoms with Crippen LogP contribution in [0.5, 0.6) is 0 Å². The standard InChI is InChI=1S/C16H18N2O6S2/c19-14(17-7-8-24-11-15(20)21)10-12-3-5-13(6-4-12)18-26(22,23)16-2-1-9-25-16/h1-6,9,18H,7-8,10-11H2,(H,17,19)(H,20,21). The maximum atomic E-state index is 12.1. The molecule has 2 rings (SSSR count). The second kappa shape index (κ2) is 9.32. The summed E-state index contributed by atoms with van der Waals surface area (Å²) in [6.45, 7) is -0.0784. The summed E-state index contributed by atoms with van der Waals surface area (Å²) >= 11 is 1.13. The number of rotatable bonds is 10. The summed E-state index contributed by atoms with van der Waals surface area (Å²) < 4.78 is 31.8. The Morgan fingerprint density at radius 2 is 1.88 bits per heavy atom. The van der Waals surface area contributed by atoms with Crippen LogP contribution in [0.15, 0.2) is 46.0 Å². The van der Waals surface area contributed by atoms with Gasteiger partial charge in [0, 0.05) is 12.2 Å². The van der Waals surface area contributed by atoms with Crippen molar-refractivity contribution in [3.05, 3.63) is 47.3 Å². The quantitative estimate of drug-likeness (QED) is 0.519. The van der Waals surface area contributed by atoms with Crippen LogP contribution in [0.1, 0.15) is 5.56 Å². The number of anilines is 1. The van der Waals surface area contributed by atoms with E-state index in [1.54, 1.807) is 35.7 Å². The number of carboxylic acid groups (broad SMARTS) is 1. The zero-order valence-electron chi connectivity index (χ0n) is 13.7. The molecule has 0 unspecified atom stereocenters. The molecule has 140 valence electrons. The van der Waals surface area contributed by atoms with E-state index in [4.69, 9.17) is 9.84 Å². The highest BCUT2D eigenvalue weighted by atomic mass is 32.2. The van der Waals surface area contributed by atoms with E-state index in [9.17, 15) is 18.0 Å². The molecule has 0 aliphatic heterocycles. The highest BCUT2D eigenvalue weighted by molar-refractivity contribution is 7.94. The van der Waals surface area contributed by atoms with Crippen molar-refractivity contribution in [2.75, 3.05) is 24.5 Å². The van der Waals surface area contributed by atoms with Crippen molar-refractivity contribution >= 4 is 38.9 Å². The molecule has 3 N–H and O–H groups in total. The van der Waals surface area contributed by atoms with E-state index in [0.29, 0.717) is 11.3 Å². The molecule has 0 saturated heterocycles. The molecule has 1 amide bonds. The van der Waals surface area contributed by atoms with Gasteiger partial charge in [-0.25, -0.2) is 13.2 Å². The molecule has 0 bridgehead atoms. The van der Waals surface area contributed by atoms with Crippen LogP contribution in [0.25, 0.3) is 0 Å². The maximum Gasteiger partial charge on any atom is 0.329 e. The van der Waals surface area contributed by atoms with Crippen LogP contribution >= 0.6 is 11.3 Å². The fourth-order valence-electron chi connectivity index (χ4n) is 1.98. The second-order valence-corrected chi connectivity index (χ2v) is 8.06. The summed E-state index contributed by atoms with van der Waals surface area (Å²) in [5, 5.41) is 12.7. The smallest absolute Gasteiger partial charge is 0.329 e. The second-order valence-electron chi connectivity index (χ2n) is 5.21. The summed E-state index contributed by atoms with van der Waals surface area (Å²) in [6, 6.07) is 9.67. The minimum atomic E-state index is -3.60. The average Bonchev–Trinajstić information content (AvgIpc) is 3.11. The average molecular weight is 398 g/mol. The number of ether oxygens (including phenoxy) is 1. The number of nitrogens with one attached hydrogen (secondary N) is 2. The lowest BCUT2D eigenvalue weighted by atomic mass is 10.1. The van der Waals surface area contributed by atoms with E-state index in [2.05, 4.69) is 10.0 Å². The molecular weight excluding hydrogens is 380 g/mol. The van der Waals surface area contributed by atoms with Crippen LogP contribution in [0, 0.1) is 0 Å². The Morgan fingerprint density at radius 1 is 1.15 bits per heavy atom. The lowest BCUT2D eigenvalue weighted by Gasteiger charge is -2.08. The van der Waals surface area contributed by atoms with Gasteiger partial charge in [0.2, 0.25) is 5.91 Å². The molecule has 10 heteroatoms. The molecule has 0 saturated carbocycles. The van der Waals surface area contributed by atoms with Crippen molar-refractivity contribution in [3.63, 3.8) is 0 Å². The maximum absolute atomic E-state index is 12.1. The molecule has 0 radical (unpaired) electrons. The summed E-state index contributed by atoms with van der Waals surface area (Å²) in [5.41, 5.74) is 1.12. The Kier molecular flexibility index (Phi) is 7.13. The number of sulfonamides is 1. The number of thiophene rings is 1. The molecule has 1 heterocycles. The van der Waals surface area contributed by atoms with E-state index in [-0.39, 0.29) is 29.7 Å². The third-order valence-electron chi connectivity index (χ3n) is 3.12. The summed E-state index contributed by atoms with van der Waals surface area (Å²) in [4.78, 5) is 22.0. The van der Waals surface area contributed by atoms with E-state index in [1.807, 2.05) is 0 Å². The first-order chi connectivity index (χ1) is 12.4. The van der Waals surface area contributed by atoms with Crippen LogP contribution in [0.4, 0.5) is 5.69 Å². The predicted octanol–water partition coefficient (Wildman–Crippen LogP) is 1.31. The molecule has 8 nitrogen and oxygen atoms in total. The topological polar surface area (TPSA) is 122 Å². The lowest BCUT2D eigenvalue weighted by molar-refractivity contribution is -0.142. The van der Waals surface area contributed by atoms with Gasteiger partial charge in [-0.15, -0.1) is 11.3 Å². The Balaban J connectivity index is 1.80. The Bertz CT molecular complexity index is 832. The predicted molar refractivity (Wildman–Crippen MR) is 96.7 cm³/mol. The van der Waals surface area contributed by atoms with Gasteiger partial charge in [0.15, 0.2) is 0 Å². The molecule has 0 aliphatic rings. The summed E-state index contributed by atoms with van der Waals surface area (Å²) in [5.74, 6) is -1.30. The minimum absolute atomic E-state index is 0.113. The first kappa shape index (κ1) is 19.9. The fourth-order valence-corrected chi connectivity index (χ4v) is 4.03. The van der Waals surface area contributed by atoms with E-state index in [0.717, 1.165) is 11.3 Å². The Morgan fingerprint density at radius 3 is 2.50 bits per heavy atom. The largest absolute Gasteiger partial charge is 0.480 e. The van der Waals surface area contributed by atoms with Crippen molar-refractivity contribution in [1.82, 2.24) is 5.32 Å². The number of aliphatic carboxylic acids is 1. The Hall–Kier alpha value is -2.43. The van der Waals surface area contributed by atoms with Crippen LogP contribution < -0.4 is 10.0 Å². The van der Waals surface area contributed by atoms with E-state index in [1.165, 1.54) is 6.07 Å². The highest BCUT2D eigenvalue weighted by Gasteiger charge is 2.15. The molecule has 1 aromatic carbocycles. The van der Waals surface area contributed by atoms with Gasteiger partial charge >= 0.3 is 5.97 Å². The molecule has 0 spiro atoms. The zero-order chi connectivity index (χ0) is 19.0. The first-order valence-electron chi connectivity index (χ1n) is 7.58. The van der Waals surface area contributed by atoms with Crippen LogP contribution in [0.3, 0.4) is 0 Å². The number of hydrogen-bond donors (Lipinski definition) is 3. The van der Waals surface area contributed by atoms with Gasteiger partial charge in [0.05, 0.1) is 13.0 Å². The molecule has 1 aromatic heterocycles. The molecule has 2 aromatic rings. The number of amides is 1. The third-order valence-corrected chi connectivity index (χ3v) is 5.90. The summed E-state index contributed by atoms with van der Waals surface area (Å²) in [6.07, 6.45) is 0.122. The van der Waals surface area contributed by atoms with Crippen molar-refractivity contribution in [3.8, 4) is 0 Å². The van der Waals surface area contributed by atoms with Crippen molar-refractivity contribution in [2.24, 2.45) is 0 Å². The molecule has 26 heavy (non-hydrogen) atoms. The molecular formula is C16H18N2O6S2. The number of carbonyl (C=O) groups excluding carboxylic acids is 1. The first-order valence-corrected chi connectivity index (χ1v) is 9.94. The number of carbonyl (C=O) groups is 2. The van der Waals surface area contributed by atoms with Gasteiger partial charge in [-0.3, -0.25) is 9.52 Å². The number of hydrogen-bond acceptors (Lipinski definition) is 6. The highest BCUT2D eigenvalue weighted by Crippen LogP contribution is 2.20. The normalized spacial score (nSPS) is 11.1. The minimum Gasteiger partial charge on any atom is -0.480 e. The van der Waals surface area contributed by atoms with Crippen molar-refractivity contribution < 1.29 is 27.9 Å². The van der Waals surface area contributed by atoms with Gasteiger partial charge in [-0.2, -0.15) is 0 Å². The fraction of sp³-hybridized carbons (Fsp3) is 0.250. The number of carboxylic acids is 1. The van der Waals surface area contributed by atoms with E-state index < -0.39 is 22.6 Å². The van der Waals surface area contributed by atoms with Crippen LogP contribution in [0.2, 0.25) is 0 Å². The van der Waals surface area contributed by atoms with Gasteiger partial charge in [0.25, 0.3) is 10.0 Å². The van der Waals surface area contributed by atoms with Gasteiger partial charge in [0.1, 0.15) is 10.8 Å². The van der Waals surface area contributed by atoms with Crippen LogP contribution in [-0.2, 0) is 30.8 Å². The molecule has 0 atom stereocenters. The summed E-state index contributed by atoms with van der Waals surface area (Å²) in [7, 11) is -3.60. The van der Waals surface area contributed by atoms with Crippen LogP contribution in [-0.4, -0.2) is 45.2 Å². The SMILES string of the molecule is O=C(O)COCCNC(=O)Cc1ccc(NS(=O)(=O)c2cccs2)cc1. The van der Waals surface area contributed by atoms with Gasteiger partial charge < -0.3 is 15.2 Å². The Labute approximate surface area is 154 Å². The van der Waals surface area contributed by atoms with Gasteiger partial charge in [-0.05, 0) is 29.1 Å². The molecule has 0 fully saturated rings. The van der Waals surface area contributed by atoms with Crippen molar-refractivity contribution in [2.45, 2.75) is 10.6 Å². The van der Waals surface area contributed by atoms with Crippen molar-refractivity contribution in [1.29, 1.82) is 0 Å². The number of benzene rings is 1. The molecule has 0 aliphatic carbocycles. The monoisotopic (exact) mass is 398 g/mol. The van der Waals surface area contributed by atoms with Gasteiger partial charge in [-0.1, -0.05) is 18.2 Å². The van der Waals surface area contributed by atoms with E-state index >= 15 is 0 Å². The third kappa shape index (κ3) is 6.47. The lowest BCUT2D eigenvalue weighted by Crippen LogP contribution is -2.29. The zero-order valence-corrected chi connectivity index (χ0v) is 15.3.